The summed E-state index contributed by atoms with van der Waals surface area (Å²) in [5.74, 6) is 0. The van der Waals surface area contributed by atoms with Crippen molar-refractivity contribution in [3.05, 3.63) is 29.3 Å². The first-order chi connectivity index (χ1) is 6.24. The number of anilines is 1. The Morgan fingerprint density at radius 2 is 2.08 bits per heavy atom. The predicted octanol–water partition coefficient (Wildman–Crippen LogP) is 3.11. The first kappa shape index (κ1) is 9.78. The van der Waals surface area contributed by atoms with Crippen LogP contribution in [0.25, 0.3) is 0 Å². The molecule has 1 rings (SSSR count). The normalized spacial score (nSPS) is 10.7. The zero-order chi connectivity index (χ0) is 9.68. The van der Waals surface area contributed by atoms with Gasteiger partial charge in [-0.2, -0.15) is 5.10 Å². The van der Waals surface area contributed by atoms with Crippen molar-refractivity contribution in [2.24, 2.45) is 5.10 Å². The fraction of sp³-hybridized carbons (Fsp3) is 0.364. The molecule has 0 unspecified atom stereocenters. The maximum Gasteiger partial charge on any atom is 0.0564 e. The maximum absolute atomic E-state index is 4.06. The van der Waals surface area contributed by atoms with E-state index in [1.165, 1.54) is 11.1 Å². The van der Waals surface area contributed by atoms with Gasteiger partial charge in [-0.1, -0.05) is 13.0 Å². The quantitative estimate of drug-likeness (QED) is 0.555. The van der Waals surface area contributed by atoms with Crippen LogP contribution in [0.1, 0.15) is 24.5 Å². The van der Waals surface area contributed by atoms with Gasteiger partial charge in [0.15, 0.2) is 0 Å². The number of hydrogen-bond acceptors (Lipinski definition) is 2. The van der Waals surface area contributed by atoms with E-state index in [9.17, 15) is 0 Å². The fourth-order valence-corrected chi connectivity index (χ4v) is 1.02. The van der Waals surface area contributed by atoms with Gasteiger partial charge in [-0.25, -0.2) is 0 Å². The van der Waals surface area contributed by atoms with E-state index < -0.39 is 0 Å². The van der Waals surface area contributed by atoms with Crippen LogP contribution in [0.5, 0.6) is 0 Å². The first-order valence-corrected chi connectivity index (χ1v) is 4.59. The molecule has 0 fully saturated rings. The lowest BCUT2D eigenvalue weighted by Gasteiger charge is -2.03. The molecule has 2 nitrogen and oxygen atoms in total. The van der Waals surface area contributed by atoms with E-state index >= 15 is 0 Å². The molecule has 0 aliphatic carbocycles. The molecule has 0 amide bonds. The molecule has 13 heavy (non-hydrogen) atoms. The van der Waals surface area contributed by atoms with Crippen molar-refractivity contribution < 1.29 is 0 Å². The monoisotopic (exact) mass is 176 g/mol. The molecule has 0 spiro atoms. The van der Waals surface area contributed by atoms with E-state index in [2.05, 4.69) is 43.4 Å². The Hall–Kier alpha value is -1.31. The summed E-state index contributed by atoms with van der Waals surface area (Å²) in [4.78, 5) is 0. The van der Waals surface area contributed by atoms with Crippen molar-refractivity contribution in [3.63, 3.8) is 0 Å². The second-order valence-electron chi connectivity index (χ2n) is 3.13. The molecule has 2 heteroatoms. The van der Waals surface area contributed by atoms with E-state index in [-0.39, 0.29) is 0 Å². The van der Waals surface area contributed by atoms with Gasteiger partial charge >= 0.3 is 0 Å². The average molecular weight is 176 g/mol. The molecular weight excluding hydrogens is 160 g/mol. The molecule has 0 aliphatic rings. The molecule has 0 bridgehead atoms. The number of nitrogens with one attached hydrogen (secondary N) is 1. The number of rotatable bonds is 3. The maximum atomic E-state index is 4.06. The van der Waals surface area contributed by atoms with Crippen LogP contribution in [0.15, 0.2) is 23.3 Å². The van der Waals surface area contributed by atoms with Crippen molar-refractivity contribution >= 4 is 11.9 Å². The Balaban J connectivity index is 2.68. The summed E-state index contributed by atoms with van der Waals surface area (Å²) in [7, 11) is 0. The smallest absolute Gasteiger partial charge is 0.0564 e. The standard InChI is InChI=1S/C11H16N2/c1-4-7-12-13-11-6-5-9(2)10(3)8-11/h5-8,13H,4H2,1-3H3. The van der Waals surface area contributed by atoms with Crippen LogP contribution in [-0.4, -0.2) is 6.21 Å². The van der Waals surface area contributed by atoms with Gasteiger partial charge in [0, 0.05) is 6.21 Å². The van der Waals surface area contributed by atoms with Gasteiger partial charge in [-0.15, -0.1) is 0 Å². The summed E-state index contributed by atoms with van der Waals surface area (Å²) < 4.78 is 0. The summed E-state index contributed by atoms with van der Waals surface area (Å²) >= 11 is 0. The molecular formula is C11H16N2. The Labute approximate surface area is 79.7 Å². The third-order valence-electron chi connectivity index (χ3n) is 1.97. The van der Waals surface area contributed by atoms with Crippen molar-refractivity contribution in [1.82, 2.24) is 0 Å². The molecule has 0 heterocycles. The highest BCUT2D eigenvalue weighted by molar-refractivity contribution is 5.59. The summed E-state index contributed by atoms with van der Waals surface area (Å²) in [6.45, 7) is 6.27. The number of hydrogen-bond donors (Lipinski definition) is 1. The number of hydrazone groups is 1. The zero-order valence-corrected chi connectivity index (χ0v) is 8.46. The molecule has 0 saturated heterocycles. The van der Waals surface area contributed by atoms with E-state index in [1.54, 1.807) is 0 Å². The summed E-state index contributed by atoms with van der Waals surface area (Å²) in [5.41, 5.74) is 6.63. The molecule has 0 saturated carbocycles. The minimum absolute atomic E-state index is 0.956. The minimum atomic E-state index is 0.956. The van der Waals surface area contributed by atoms with Crippen molar-refractivity contribution in [3.8, 4) is 0 Å². The van der Waals surface area contributed by atoms with Crippen LogP contribution in [0, 0.1) is 13.8 Å². The average Bonchev–Trinajstić information content (AvgIpc) is 2.12. The molecule has 0 aliphatic heterocycles. The number of aryl methyl sites for hydroxylation is 2. The highest BCUT2D eigenvalue weighted by Gasteiger charge is 1.93. The van der Waals surface area contributed by atoms with Gasteiger partial charge in [0.25, 0.3) is 0 Å². The fourth-order valence-electron chi connectivity index (χ4n) is 1.02. The number of nitrogens with zero attached hydrogens (tertiary/aromatic N) is 1. The Morgan fingerprint density at radius 1 is 1.31 bits per heavy atom. The second-order valence-corrected chi connectivity index (χ2v) is 3.13. The molecule has 0 aromatic heterocycles. The SMILES string of the molecule is CCC=NNc1ccc(C)c(C)c1. The van der Waals surface area contributed by atoms with Crippen LogP contribution >= 0.6 is 0 Å². The Bertz CT molecular complexity index is 303. The van der Waals surface area contributed by atoms with Crippen molar-refractivity contribution in [1.29, 1.82) is 0 Å². The second kappa shape index (κ2) is 4.65. The zero-order valence-electron chi connectivity index (χ0n) is 8.46. The van der Waals surface area contributed by atoms with Crippen molar-refractivity contribution in [2.75, 3.05) is 5.43 Å². The largest absolute Gasteiger partial charge is 0.279 e. The highest BCUT2D eigenvalue weighted by atomic mass is 15.3. The lowest BCUT2D eigenvalue weighted by atomic mass is 10.1. The minimum Gasteiger partial charge on any atom is -0.279 e. The molecule has 0 atom stereocenters. The van der Waals surface area contributed by atoms with Crippen LogP contribution in [0.2, 0.25) is 0 Å². The van der Waals surface area contributed by atoms with Gasteiger partial charge in [0.05, 0.1) is 5.69 Å². The summed E-state index contributed by atoms with van der Waals surface area (Å²) in [6, 6.07) is 6.23. The molecule has 70 valence electrons. The van der Waals surface area contributed by atoms with Gasteiger partial charge in [-0.05, 0) is 43.5 Å². The molecule has 1 N–H and O–H groups in total. The summed E-state index contributed by atoms with van der Waals surface area (Å²) in [6.07, 6.45) is 2.81. The topological polar surface area (TPSA) is 24.4 Å². The van der Waals surface area contributed by atoms with Gasteiger partial charge in [-0.3, -0.25) is 5.43 Å². The van der Waals surface area contributed by atoms with E-state index in [0.717, 1.165) is 12.1 Å². The third kappa shape index (κ3) is 2.90. The van der Waals surface area contributed by atoms with Crippen LogP contribution < -0.4 is 5.43 Å². The van der Waals surface area contributed by atoms with Crippen LogP contribution in [0.4, 0.5) is 5.69 Å². The van der Waals surface area contributed by atoms with E-state index in [4.69, 9.17) is 0 Å². The van der Waals surface area contributed by atoms with E-state index in [0.29, 0.717) is 0 Å². The molecule has 1 aromatic carbocycles. The number of benzene rings is 1. The molecule has 1 aromatic rings. The van der Waals surface area contributed by atoms with Gasteiger partial charge in [0.1, 0.15) is 0 Å². The van der Waals surface area contributed by atoms with Crippen molar-refractivity contribution in [2.45, 2.75) is 27.2 Å². The Morgan fingerprint density at radius 3 is 2.69 bits per heavy atom. The van der Waals surface area contributed by atoms with Crippen LogP contribution in [-0.2, 0) is 0 Å². The predicted molar refractivity (Wildman–Crippen MR) is 58.3 cm³/mol. The third-order valence-corrected chi connectivity index (χ3v) is 1.97. The van der Waals surface area contributed by atoms with E-state index in [1.807, 2.05) is 12.3 Å². The lowest BCUT2D eigenvalue weighted by molar-refractivity contribution is 1.25. The molecule has 0 radical (unpaired) electrons. The van der Waals surface area contributed by atoms with Crippen LogP contribution in [0.3, 0.4) is 0 Å². The van der Waals surface area contributed by atoms with Gasteiger partial charge in [0.2, 0.25) is 0 Å². The first-order valence-electron chi connectivity index (χ1n) is 4.59. The van der Waals surface area contributed by atoms with Gasteiger partial charge < -0.3 is 0 Å². The lowest BCUT2D eigenvalue weighted by Crippen LogP contribution is -1.90. The Kier molecular flexibility index (Phi) is 3.50. The highest BCUT2D eigenvalue weighted by Crippen LogP contribution is 2.13. The summed E-state index contributed by atoms with van der Waals surface area (Å²) in [5, 5.41) is 4.06.